The number of amides is 1. The van der Waals surface area contributed by atoms with E-state index in [2.05, 4.69) is 64.0 Å². The number of anilines is 2. The van der Waals surface area contributed by atoms with Crippen molar-refractivity contribution in [3.05, 3.63) is 46.7 Å². The number of carbonyl (C=O) groups is 1. The van der Waals surface area contributed by atoms with Crippen molar-refractivity contribution >= 4 is 55.5 Å². The number of fused-ring (bicyclic) bond motifs is 2. The number of rotatable bonds is 5. The van der Waals surface area contributed by atoms with Crippen LogP contribution in [0, 0.1) is 0 Å². The quantitative estimate of drug-likeness (QED) is 0.399. The maximum Gasteiger partial charge on any atom is 0.228 e. The van der Waals surface area contributed by atoms with Gasteiger partial charge in [-0.15, -0.1) is 0 Å². The summed E-state index contributed by atoms with van der Waals surface area (Å²) in [6, 6.07) is 10.4. The lowest BCUT2D eigenvalue weighted by molar-refractivity contribution is -0.129. The molecule has 1 aromatic carbocycles. The first-order valence-corrected chi connectivity index (χ1v) is 12.7. The molecule has 10 heteroatoms. The third kappa shape index (κ3) is 4.54. The van der Waals surface area contributed by atoms with Gasteiger partial charge < -0.3 is 15.1 Å². The first-order chi connectivity index (χ1) is 16.8. The maximum atomic E-state index is 11.8. The Bertz CT molecular complexity index is 1390. The number of para-hydroxylation sites is 1. The zero-order valence-electron chi connectivity index (χ0n) is 20.4. The van der Waals surface area contributed by atoms with Crippen LogP contribution in [0.2, 0.25) is 0 Å². The predicted molar refractivity (Wildman–Crippen MR) is 142 cm³/mol. The second kappa shape index (κ2) is 9.41. The number of nitrogens with one attached hydrogen (secondary N) is 1. The highest BCUT2D eigenvalue weighted by atomic mass is 79.9. The second-order valence-electron chi connectivity index (χ2n) is 9.22. The Kier molecular flexibility index (Phi) is 6.31. The monoisotopic (exact) mass is 536 g/mol. The van der Waals surface area contributed by atoms with Crippen molar-refractivity contribution in [1.82, 2.24) is 29.6 Å². The molecule has 1 fully saturated rings. The summed E-state index contributed by atoms with van der Waals surface area (Å²) in [7, 11) is 0. The lowest BCUT2D eigenvalue weighted by atomic mass is 10.1. The highest BCUT2D eigenvalue weighted by Crippen LogP contribution is 2.33. The highest BCUT2D eigenvalue weighted by molar-refractivity contribution is 9.10. The summed E-state index contributed by atoms with van der Waals surface area (Å²) in [5, 5.41) is 9.42. The van der Waals surface area contributed by atoms with Crippen LogP contribution in [0.3, 0.4) is 0 Å². The van der Waals surface area contributed by atoms with Gasteiger partial charge in [0.1, 0.15) is 11.0 Å². The molecule has 0 saturated carbocycles. The minimum atomic E-state index is -0.0399. The topological polar surface area (TPSA) is 92.1 Å². The predicted octanol–water partition coefficient (Wildman–Crippen LogP) is 4.56. The Morgan fingerprint density at radius 3 is 2.54 bits per heavy atom. The van der Waals surface area contributed by atoms with Crippen LogP contribution in [0.5, 0.6) is 0 Å². The number of benzene rings is 1. The molecule has 1 aliphatic heterocycles. The lowest BCUT2D eigenvalue weighted by Gasteiger charge is -2.34. The number of hydrogen-bond donors (Lipinski definition) is 1. The molecule has 3 aromatic heterocycles. The van der Waals surface area contributed by atoms with Gasteiger partial charge in [-0.25, -0.2) is 4.98 Å². The third-order valence-electron chi connectivity index (χ3n) is 6.45. The Hall–Kier alpha value is -3.27. The number of pyridine rings is 1. The van der Waals surface area contributed by atoms with E-state index in [1.54, 1.807) is 6.92 Å². The van der Waals surface area contributed by atoms with E-state index in [-0.39, 0.29) is 18.0 Å². The minimum Gasteiger partial charge on any atom is -0.362 e. The van der Waals surface area contributed by atoms with E-state index in [9.17, 15) is 4.79 Å². The average molecular weight is 537 g/mol. The molecule has 4 aromatic rings. The van der Waals surface area contributed by atoms with Crippen LogP contribution in [-0.4, -0.2) is 61.7 Å². The summed E-state index contributed by atoms with van der Waals surface area (Å²) >= 11 is 3.61. The molecule has 5 rings (SSSR count). The molecule has 35 heavy (non-hydrogen) atoms. The van der Waals surface area contributed by atoms with Crippen LogP contribution >= 0.6 is 15.9 Å². The van der Waals surface area contributed by atoms with Gasteiger partial charge in [-0.2, -0.15) is 10.1 Å². The SMILES string of the molecule is CC(=O)N1CCN(c2nc(N[C@H](C)c3cnc4ccccc4c3)c3c(n2)c(Br)nn3C(C)C)CC1. The van der Waals surface area contributed by atoms with E-state index in [1.165, 1.54) is 0 Å². The first-order valence-electron chi connectivity index (χ1n) is 11.9. The summed E-state index contributed by atoms with van der Waals surface area (Å²) in [4.78, 5) is 30.2. The number of halogens is 1. The van der Waals surface area contributed by atoms with Crippen molar-refractivity contribution in [1.29, 1.82) is 0 Å². The van der Waals surface area contributed by atoms with Gasteiger partial charge in [0.15, 0.2) is 10.4 Å². The molecule has 1 saturated heterocycles. The van der Waals surface area contributed by atoms with E-state index < -0.39 is 0 Å². The maximum absolute atomic E-state index is 11.8. The van der Waals surface area contributed by atoms with E-state index in [4.69, 9.17) is 15.1 Å². The van der Waals surface area contributed by atoms with Crippen molar-refractivity contribution in [2.24, 2.45) is 0 Å². The largest absolute Gasteiger partial charge is 0.362 e. The van der Waals surface area contributed by atoms with Gasteiger partial charge >= 0.3 is 0 Å². The van der Waals surface area contributed by atoms with Crippen LogP contribution in [0.4, 0.5) is 11.8 Å². The zero-order valence-corrected chi connectivity index (χ0v) is 21.9. The molecular formula is C25H29BrN8O. The van der Waals surface area contributed by atoms with Crippen molar-refractivity contribution in [2.75, 3.05) is 36.4 Å². The fourth-order valence-corrected chi connectivity index (χ4v) is 4.89. The van der Waals surface area contributed by atoms with Crippen LogP contribution in [0.25, 0.3) is 21.9 Å². The van der Waals surface area contributed by atoms with Gasteiger partial charge in [0.25, 0.3) is 0 Å². The summed E-state index contributed by atoms with van der Waals surface area (Å²) in [6.45, 7) is 10.6. The van der Waals surface area contributed by atoms with Crippen molar-refractivity contribution in [3.8, 4) is 0 Å². The van der Waals surface area contributed by atoms with Crippen LogP contribution in [0.15, 0.2) is 41.1 Å². The zero-order chi connectivity index (χ0) is 24.7. The molecule has 0 unspecified atom stereocenters. The van der Waals surface area contributed by atoms with Gasteiger partial charge in [0, 0.05) is 50.7 Å². The first kappa shape index (κ1) is 23.5. The summed E-state index contributed by atoms with van der Waals surface area (Å²) in [5.41, 5.74) is 3.67. The molecule has 1 amide bonds. The van der Waals surface area contributed by atoms with Gasteiger partial charge in [-0.3, -0.25) is 14.5 Å². The number of carbonyl (C=O) groups excluding carboxylic acids is 1. The smallest absolute Gasteiger partial charge is 0.228 e. The molecular weight excluding hydrogens is 508 g/mol. The number of piperazine rings is 1. The van der Waals surface area contributed by atoms with E-state index in [0.29, 0.717) is 36.7 Å². The molecule has 1 N–H and O–H groups in total. The molecule has 0 spiro atoms. The van der Waals surface area contributed by atoms with Crippen LogP contribution in [-0.2, 0) is 4.79 Å². The minimum absolute atomic E-state index is 0.0399. The van der Waals surface area contributed by atoms with E-state index >= 15 is 0 Å². The van der Waals surface area contributed by atoms with Gasteiger partial charge in [0.05, 0.1) is 11.6 Å². The molecule has 0 radical (unpaired) electrons. The Balaban J connectivity index is 1.53. The summed E-state index contributed by atoms with van der Waals surface area (Å²) < 4.78 is 2.64. The fourth-order valence-electron chi connectivity index (χ4n) is 4.45. The fraction of sp³-hybridized carbons (Fsp3) is 0.400. The normalized spacial score (nSPS) is 15.3. The number of hydrogen-bond acceptors (Lipinski definition) is 7. The molecule has 0 aliphatic carbocycles. The van der Waals surface area contributed by atoms with Crippen molar-refractivity contribution < 1.29 is 4.79 Å². The Morgan fingerprint density at radius 1 is 1.09 bits per heavy atom. The highest BCUT2D eigenvalue weighted by Gasteiger charge is 2.25. The number of aromatic nitrogens is 5. The molecule has 1 atom stereocenters. The Labute approximate surface area is 212 Å². The lowest BCUT2D eigenvalue weighted by Crippen LogP contribution is -2.48. The van der Waals surface area contributed by atoms with Gasteiger partial charge in [-0.05, 0) is 54.4 Å². The third-order valence-corrected chi connectivity index (χ3v) is 6.99. The van der Waals surface area contributed by atoms with Crippen molar-refractivity contribution in [2.45, 2.75) is 39.8 Å². The van der Waals surface area contributed by atoms with E-state index in [1.807, 2.05) is 34.0 Å². The molecule has 1 aliphatic rings. The average Bonchev–Trinajstić information content (AvgIpc) is 3.20. The molecule has 4 heterocycles. The number of nitrogens with zero attached hydrogens (tertiary/aromatic N) is 7. The van der Waals surface area contributed by atoms with Crippen LogP contribution in [0.1, 0.15) is 45.3 Å². The van der Waals surface area contributed by atoms with Gasteiger partial charge in [-0.1, -0.05) is 18.2 Å². The summed E-state index contributed by atoms with van der Waals surface area (Å²) in [5.74, 6) is 1.46. The van der Waals surface area contributed by atoms with E-state index in [0.717, 1.165) is 33.3 Å². The molecule has 0 bridgehead atoms. The molecule has 182 valence electrons. The van der Waals surface area contributed by atoms with Crippen LogP contribution < -0.4 is 10.2 Å². The van der Waals surface area contributed by atoms with Crippen molar-refractivity contribution in [3.63, 3.8) is 0 Å². The van der Waals surface area contributed by atoms with Gasteiger partial charge in [0.2, 0.25) is 11.9 Å². The summed E-state index contributed by atoms with van der Waals surface area (Å²) in [6.07, 6.45) is 1.91. The Morgan fingerprint density at radius 2 is 1.83 bits per heavy atom. The standard InChI is InChI=1S/C25H29BrN8O/c1-15(2)34-22-21(23(26)31-34)29-25(33-11-9-32(10-12-33)17(4)35)30-24(22)28-16(3)19-13-18-7-5-6-8-20(18)27-14-19/h5-8,13-16H,9-12H2,1-4H3,(H,28,29,30)/t16-/m1/s1. The molecule has 9 nitrogen and oxygen atoms in total. The second-order valence-corrected chi connectivity index (χ2v) is 9.97.